The van der Waals surface area contributed by atoms with Gasteiger partial charge in [-0.05, 0) is 32.9 Å². The van der Waals surface area contributed by atoms with Crippen molar-refractivity contribution in [3.05, 3.63) is 0 Å². The van der Waals surface area contributed by atoms with Gasteiger partial charge in [-0.25, -0.2) is 0 Å². The third kappa shape index (κ3) is 2.76. The summed E-state index contributed by atoms with van der Waals surface area (Å²) in [5.74, 6) is 0.698. The molecule has 1 saturated carbocycles. The van der Waals surface area contributed by atoms with Crippen molar-refractivity contribution in [2.24, 2.45) is 5.92 Å². The van der Waals surface area contributed by atoms with Crippen molar-refractivity contribution >= 4 is 0 Å². The van der Waals surface area contributed by atoms with Crippen LogP contribution in [0.4, 0.5) is 0 Å². The lowest BCUT2D eigenvalue weighted by Gasteiger charge is -2.37. The van der Waals surface area contributed by atoms with Gasteiger partial charge in [0.15, 0.2) is 0 Å². The van der Waals surface area contributed by atoms with Gasteiger partial charge in [-0.1, -0.05) is 19.8 Å². The average molecular weight is 171 g/mol. The highest BCUT2D eigenvalue weighted by Crippen LogP contribution is 2.32. The van der Waals surface area contributed by atoms with Crippen LogP contribution in [-0.2, 0) is 0 Å². The van der Waals surface area contributed by atoms with Crippen molar-refractivity contribution < 1.29 is 5.11 Å². The molecule has 2 unspecified atom stereocenters. The summed E-state index contributed by atoms with van der Waals surface area (Å²) in [7, 11) is 4.05. The molecular weight excluding hydrogens is 150 g/mol. The fourth-order valence-corrected chi connectivity index (χ4v) is 2.36. The Morgan fingerprint density at radius 3 is 2.67 bits per heavy atom. The summed E-state index contributed by atoms with van der Waals surface area (Å²) in [6, 6.07) is 0. The minimum absolute atomic E-state index is 0.402. The molecule has 0 amide bonds. The second-order valence-corrected chi connectivity index (χ2v) is 4.66. The predicted octanol–water partition coefficient (Wildman–Crippen LogP) is 1.49. The van der Waals surface area contributed by atoms with Crippen molar-refractivity contribution in [2.75, 3.05) is 20.6 Å². The lowest BCUT2D eigenvalue weighted by atomic mass is 9.79. The van der Waals surface area contributed by atoms with E-state index in [9.17, 15) is 5.11 Å². The van der Waals surface area contributed by atoms with E-state index in [1.165, 1.54) is 12.8 Å². The van der Waals surface area contributed by atoms with E-state index in [0.29, 0.717) is 5.92 Å². The number of nitrogens with zero attached hydrogens (tertiary/aromatic N) is 1. The molecule has 0 aromatic heterocycles. The van der Waals surface area contributed by atoms with Crippen LogP contribution in [0.25, 0.3) is 0 Å². The normalized spacial score (nSPS) is 37.2. The zero-order valence-electron chi connectivity index (χ0n) is 8.51. The van der Waals surface area contributed by atoms with Crippen LogP contribution < -0.4 is 0 Å². The Morgan fingerprint density at radius 1 is 1.50 bits per heavy atom. The van der Waals surface area contributed by atoms with E-state index in [1.54, 1.807) is 0 Å². The van der Waals surface area contributed by atoms with E-state index in [2.05, 4.69) is 11.8 Å². The zero-order valence-corrected chi connectivity index (χ0v) is 8.51. The highest BCUT2D eigenvalue weighted by atomic mass is 16.3. The Morgan fingerprint density at radius 2 is 2.17 bits per heavy atom. The first-order chi connectivity index (χ1) is 5.52. The summed E-state index contributed by atoms with van der Waals surface area (Å²) in [5, 5.41) is 10.2. The molecule has 0 heterocycles. The smallest absolute Gasteiger partial charge is 0.0776 e. The second-order valence-electron chi connectivity index (χ2n) is 4.66. The second kappa shape index (κ2) is 3.75. The molecule has 2 nitrogen and oxygen atoms in total. The highest BCUT2D eigenvalue weighted by Gasteiger charge is 2.32. The number of rotatable bonds is 2. The number of hydrogen-bond donors (Lipinski definition) is 1. The molecular formula is C10H21NO. The molecule has 0 aromatic carbocycles. The van der Waals surface area contributed by atoms with E-state index < -0.39 is 5.60 Å². The first-order valence-corrected chi connectivity index (χ1v) is 4.89. The average Bonchev–Trinajstić information content (AvgIpc) is 1.82. The number of aliphatic hydroxyl groups is 1. The van der Waals surface area contributed by atoms with Gasteiger partial charge < -0.3 is 10.0 Å². The van der Waals surface area contributed by atoms with E-state index >= 15 is 0 Å². The Balaban J connectivity index is 2.45. The van der Waals surface area contributed by atoms with Gasteiger partial charge in [-0.3, -0.25) is 0 Å². The molecule has 0 aromatic rings. The van der Waals surface area contributed by atoms with Crippen LogP contribution in [-0.4, -0.2) is 36.2 Å². The van der Waals surface area contributed by atoms with Crippen LogP contribution in [0.3, 0.4) is 0 Å². The molecule has 1 fully saturated rings. The van der Waals surface area contributed by atoms with Crippen LogP contribution in [0, 0.1) is 5.92 Å². The summed E-state index contributed by atoms with van der Waals surface area (Å²) in [5.41, 5.74) is -0.402. The molecule has 1 aliphatic rings. The van der Waals surface area contributed by atoms with E-state index in [1.807, 2.05) is 14.1 Å². The van der Waals surface area contributed by atoms with Crippen LogP contribution >= 0.6 is 0 Å². The van der Waals surface area contributed by atoms with Gasteiger partial charge in [0.1, 0.15) is 0 Å². The van der Waals surface area contributed by atoms with Gasteiger partial charge in [0.05, 0.1) is 5.60 Å². The standard InChI is InChI=1S/C10H21NO/c1-9-5-4-6-10(12,7-9)8-11(2)3/h9,12H,4-8H2,1-3H3. The van der Waals surface area contributed by atoms with Gasteiger partial charge in [-0.2, -0.15) is 0 Å². The number of hydrogen-bond acceptors (Lipinski definition) is 2. The van der Waals surface area contributed by atoms with Crippen molar-refractivity contribution in [1.29, 1.82) is 0 Å². The SMILES string of the molecule is CC1CCCC(O)(CN(C)C)C1. The van der Waals surface area contributed by atoms with E-state index in [-0.39, 0.29) is 0 Å². The Kier molecular flexibility index (Phi) is 3.13. The van der Waals surface area contributed by atoms with Crippen LogP contribution in [0.2, 0.25) is 0 Å². The summed E-state index contributed by atoms with van der Waals surface area (Å²) in [6.07, 6.45) is 4.43. The van der Waals surface area contributed by atoms with E-state index in [0.717, 1.165) is 19.4 Å². The molecule has 2 heteroatoms. The Hall–Kier alpha value is -0.0800. The van der Waals surface area contributed by atoms with Crippen molar-refractivity contribution in [1.82, 2.24) is 4.90 Å². The molecule has 0 aliphatic heterocycles. The van der Waals surface area contributed by atoms with Crippen LogP contribution in [0.1, 0.15) is 32.6 Å². The Labute approximate surface area is 75.6 Å². The van der Waals surface area contributed by atoms with Gasteiger partial charge in [0.25, 0.3) is 0 Å². The lowest BCUT2D eigenvalue weighted by molar-refractivity contribution is -0.0308. The van der Waals surface area contributed by atoms with Gasteiger partial charge in [0.2, 0.25) is 0 Å². The molecule has 2 atom stereocenters. The minimum atomic E-state index is -0.402. The third-order valence-corrected chi connectivity index (χ3v) is 2.68. The fourth-order valence-electron chi connectivity index (χ4n) is 2.36. The monoisotopic (exact) mass is 171 g/mol. The third-order valence-electron chi connectivity index (χ3n) is 2.68. The molecule has 0 bridgehead atoms. The maximum absolute atomic E-state index is 10.2. The molecule has 0 radical (unpaired) electrons. The van der Waals surface area contributed by atoms with Crippen molar-refractivity contribution in [2.45, 2.75) is 38.2 Å². The first kappa shape index (κ1) is 10.0. The lowest BCUT2D eigenvalue weighted by Crippen LogP contribution is -2.43. The summed E-state index contributed by atoms with van der Waals surface area (Å²) < 4.78 is 0. The maximum atomic E-state index is 10.2. The quantitative estimate of drug-likeness (QED) is 0.680. The summed E-state index contributed by atoms with van der Waals surface area (Å²) in [4.78, 5) is 2.08. The zero-order chi connectivity index (χ0) is 9.19. The first-order valence-electron chi connectivity index (χ1n) is 4.89. The molecule has 1 rings (SSSR count). The summed E-state index contributed by atoms with van der Waals surface area (Å²) in [6.45, 7) is 3.05. The van der Waals surface area contributed by atoms with Crippen LogP contribution in [0.15, 0.2) is 0 Å². The van der Waals surface area contributed by atoms with E-state index in [4.69, 9.17) is 0 Å². The van der Waals surface area contributed by atoms with Crippen molar-refractivity contribution in [3.8, 4) is 0 Å². The van der Waals surface area contributed by atoms with Gasteiger partial charge >= 0.3 is 0 Å². The molecule has 72 valence electrons. The maximum Gasteiger partial charge on any atom is 0.0776 e. The topological polar surface area (TPSA) is 23.5 Å². The predicted molar refractivity (Wildman–Crippen MR) is 51.1 cm³/mol. The van der Waals surface area contributed by atoms with Gasteiger partial charge in [-0.15, -0.1) is 0 Å². The molecule has 1 N–H and O–H groups in total. The highest BCUT2D eigenvalue weighted by molar-refractivity contribution is 4.86. The summed E-state index contributed by atoms with van der Waals surface area (Å²) >= 11 is 0. The molecule has 0 spiro atoms. The van der Waals surface area contributed by atoms with Gasteiger partial charge in [0, 0.05) is 6.54 Å². The fraction of sp³-hybridized carbons (Fsp3) is 1.00. The van der Waals surface area contributed by atoms with Crippen LogP contribution in [0.5, 0.6) is 0 Å². The number of likely N-dealkylation sites (N-methyl/N-ethyl adjacent to an activating group) is 1. The molecule has 1 aliphatic carbocycles. The Bertz CT molecular complexity index is 143. The molecule has 12 heavy (non-hydrogen) atoms. The minimum Gasteiger partial charge on any atom is -0.389 e. The molecule has 0 saturated heterocycles. The van der Waals surface area contributed by atoms with Crippen molar-refractivity contribution in [3.63, 3.8) is 0 Å². The largest absolute Gasteiger partial charge is 0.389 e.